The van der Waals surface area contributed by atoms with Crippen molar-refractivity contribution in [2.24, 2.45) is 4.99 Å². The fourth-order valence-electron chi connectivity index (χ4n) is 2.51. The SMILES string of the molecule is CCC1CN(C(=NC)NCCCN(CC)S(C)(=O)=O)CCS1. The Labute approximate surface area is 139 Å². The molecule has 22 heavy (non-hydrogen) atoms. The molecule has 1 saturated heterocycles. The second-order valence-electron chi connectivity index (χ2n) is 5.43. The molecule has 1 unspecified atom stereocenters. The van der Waals surface area contributed by atoms with Crippen molar-refractivity contribution < 1.29 is 8.42 Å². The Morgan fingerprint density at radius 1 is 1.45 bits per heavy atom. The van der Waals surface area contributed by atoms with Gasteiger partial charge in [-0.15, -0.1) is 0 Å². The lowest BCUT2D eigenvalue weighted by Gasteiger charge is -2.34. The summed E-state index contributed by atoms with van der Waals surface area (Å²) >= 11 is 2.03. The van der Waals surface area contributed by atoms with Gasteiger partial charge in [-0.1, -0.05) is 13.8 Å². The lowest BCUT2D eigenvalue weighted by molar-refractivity contribution is 0.400. The topological polar surface area (TPSA) is 65.0 Å². The number of hydrogen-bond acceptors (Lipinski definition) is 4. The molecule has 1 aliphatic heterocycles. The summed E-state index contributed by atoms with van der Waals surface area (Å²) in [5, 5.41) is 4.03. The summed E-state index contributed by atoms with van der Waals surface area (Å²) in [6.07, 6.45) is 3.22. The van der Waals surface area contributed by atoms with Gasteiger partial charge in [-0.3, -0.25) is 4.99 Å². The van der Waals surface area contributed by atoms with E-state index in [9.17, 15) is 8.42 Å². The highest BCUT2D eigenvalue weighted by molar-refractivity contribution is 8.00. The van der Waals surface area contributed by atoms with E-state index in [1.165, 1.54) is 17.0 Å². The number of guanidine groups is 1. The summed E-state index contributed by atoms with van der Waals surface area (Å²) < 4.78 is 24.6. The molecule has 0 saturated carbocycles. The highest BCUT2D eigenvalue weighted by Crippen LogP contribution is 2.20. The van der Waals surface area contributed by atoms with Crippen LogP contribution in [0, 0.1) is 0 Å². The second kappa shape index (κ2) is 9.62. The molecular weight excluding hydrogens is 320 g/mol. The van der Waals surface area contributed by atoms with Gasteiger partial charge in [0, 0.05) is 50.8 Å². The maximum Gasteiger partial charge on any atom is 0.211 e. The van der Waals surface area contributed by atoms with Gasteiger partial charge in [0.2, 0.25) is 10.0 Å². The average Bonchev–Trinajstić information content (AvgIpc) is 2.49. The van der Waals surface area contributed by atoms with E-state index in [-0.39, 0.29) is 0 Å². The number of sulfonamides is 1. The number of thioether (sulfide) groups is 1. The predicted molar refractivity (Wildman–Crippen MR) is 96.2 cm³/mol. The first-order valence-corrected chi connectivity index (χ1v) is 10.8. The Bertz CT molecular complexity index is 454. The molecule has 0 aromatic rings. The largest absolute Gasteiger partial charge is 0.356 e. The van der Waals surface area contributed by atoms with Crippen molar-refractivity contribution in [2.45, 2.75) is 31.9 Å². The van der Waals surface area contributed by atoms with Crippen molar-refractivity contribution in [3.8, 4) is 0 Å². The van der Waals surface area contributed by atoms with E-state index in [1.54, 1.807) is 7.05 Å². The number of nitrogens with one attached hydrogen (secondary N) is 1. The maximum absolute atomic E-state index is 11.5. The number of aliphatic imine (C=N–C) groups is 1. The van der Waals surface area contributed by atoms with E-state index in [1.807, 2.05) is 18.7 Å². The number of nitrogens with zero attached hydrogens (tertiary/aromatic N) is 3. The van der Waals surface area contributed by atoms with Crippen LogP contribution in [-0.4, -0.2) is 80.6 Å². The molecule has 8 heteroatoms. The number of rotatable bonds is 7. The van der Waals surface area contributed by atoms with Gasteiger partial charge < -0.3 is 10.2 Å². The molecule has 0 bridgehead atoms. The molecule has 0 amide bonds. The first-order chi connectivity index (χ1) is 10.4. The zero-order valence-corrected chi connectivity index (χ0v) is 15.8. The highest BCUT2D eigenvalue weighted by Gasteiger charge is 2.21. The normalized spacial score (nSPS) is 20.5. The van der Waals surface area contributed by atoms with E-state index in [2.05, 4.69) is 22.1 Å². The van der Waals surface area contributed by atoms with Gasteiger partial charge in [0.25, 0.3) is 0 Å². The molecule has 1 N–H and O–H groups in total. The van der Waals surface area contributed by atoms with Gasteiger partial charge in [-0.05, 0) is 12.8 Å². The molecule has 130 valence electrons. The summed E-state index contributed by atoms with van der Waals surface area (Å²) in [4.78, 5) is 6.66. The van der Waals surface area contributed by atoms with Crippen molar-refractivity contribution in [3.05, 3.63) is 0 Å². The summed E-state index contributed by atoms with van der Waals surface area (Å²) in [5.74, 6) is 2.07. The van der Waals surface area contributed by atoms with Crippen LogP contribution in [0.5, 0.6) is 0 Å². The molecule has 0 aliphatic carbocycles. The van der Waals surface area contributed by atoms with Crippen molar-refractivity contribution in [1.29, 1.82) is 0 Å². The Kier molecular flexibility index (Phi) is 8.56. The minimum atomic E-state index is -3.09. The van der Waals surface area contributed by atoms with Crippen LogP contribution in [0.25, 0.3) is 0 Å². The average molecular weight is 351 g/mol. The van der Waals surface area contributed by atoms with Crippen LogP contribution in [0.3, 0.4) is 0 Å². The smallest absolute Gasteiger partial charge is 0.211 e. The molecule has 0 spiro atoms. The molecule has 1 aliphatic rings. The van der Waals surface area contributed by atoms with Crippen molar-refractivity contribution >= 4 is 27.7 Å². The summed E-state index contributed by atoms with van der Waals surface area (Å²) in [6, 6.07) is 0. The second-order valence-corrected chi connectivity index (χ2v) is 8.82. The third-order valence-electron chi connectivity index (χ3n) is 3.79. The van der Waals surface area contributed by atoms with E-state index in [0.29, 0.717) is 18.3 Å². The quantitative estimate of drug-likeness (QED) is 0.423. The molecular formula is C14H30N4O2S2. The van der Waals surface area contributed by atoms with E-state index >= 15 is 0 Å². The maximum atomic E-state index is 11.5. The van der Waals surface area contributed by atoms with Gasteiger partial charge >= 0.3 is 0 Å². The molecule has 1 rings (SSSR count). The summed E-state index contributed by atoms with van der Waals surface area (Å²) in [7, 11) is -1.28. The Hall–Kier alpha value is -0.470. The first-order valence-electron chi connectivity index (χ1n) is 7.94. The lowest BCUT2D eigenvalue weighted by atomic mass is 10.3. The number of hydrogen-bond donors (Lipinski definition) is 1. The van der Waals surface area contributed by atoms with E-state index in [0.717, 1.165) is 37.8 Å². The Morgan fingerprint density at radius 3 is 2.73 bits per heavy atom. The van der Waals surface area contributed by atoms with Crippen LogP contribution < -0.4 is 5.32 Å². The van der Waals surface area contributed by atoms with Crippen LogP contribution in [0.2, 0.25) is 0 Å². The van der Waals surface area contributed by atoms with Gasteiger partial charge in [0.15, 0.2) is 5.96 Å². The minimum absolute atomic E-state index is 0.523. The zero-order chi connectivity index (χ0) is 16.6. The summed E-state index contributed by atoms with van der Waals surface area (Å²) in [6.45, 7) is 7.95. The van der Waals surface area contributed by atoms with E-state index in [4.69, 9.17) is 0 Å². The van der Waals surface area contributed by atoms with Crippen molar-refractivity contribution in [1.82, 2.24) is 14.5 Å². The Morgan fingerprint density at radius 2 is 2.18 bits per heavy atom. The van der Waals surface area contributed by atoms with Gasteiger partial charge in [0.05, 0.1) is 6.26 Å². The molecule has 0 aromatic heterocycles. The molecule has 0 radical (unpaired) electrons. The van der Waals surface area contributed by atoms with Crippen LogP contribution >= 0.6 is 11.8 Å². The van der Waals surface area contributed by atoms with Crippen LogP contribution in [0.15, 0.2) is 4.99 Å². The molecule has 0 aromatic carbocycles. The van der Waals surface area contributed by atoms with Crippen LogP contribution in [-0.2, 0) is 10.0 Å². The molecule has 6 nitrogen and oxygen atoms in total. The minimum Gasteiger partial charge on any atom is -0.356 e. The zero-order valence-electron chi connectivity index (χ0n) is 14.2. The fraction of sp³-hybridized carbons (Fsp3) is 0.929. The molecule has 1 atom stereocenters. The van der Waals surface area contributed by atoms with Gasteiger partial charge in [0.1, 0.15) is 0 Å². The summed E-state index contributed by atoms with van der Waals surface area (Å²) in [5.41, 5.74) is 0. The predicted octanol–water partition coefficient (Wildman–Crippen LogP) is 1.06. The highest BCUT2D eigenvalue weighted by atomic mass is 32.2. The van der Waals surface area contributed by atoms with Gasteiger partial charge in [-0.25, -0.2) is 12.7 Å². The monoisotopic (exact) mass is 350 g/mol. The van der Waals surface area contributed by atoms with E-state index < -0.39 is 10.0 Å². The van der Waals surface area contributed by atoms with Crippen LogP contribution in [0.4, 0.5) is 0 Å². The first kappa shape index (κ1) is 19.6. The van der Waals surface area contributed by atoms with Crippen molar-refractivity contribution in [3.63, 3.8) is 0 Å². The van der Waals surface area contributed by atoms with Gasteiger partial charge in [-0.2, -0.15) is 11.8 Å². The third kappa shape index (κ3) is 6.34. The van der Waals surface area contributed by atoms with Crippen LogP contribution in [0.1, 0.15) is 26.7 Å². The van der Waals surface area contributed by atoms with Crippen molar-refractivity contribution in [2.75, 3.05) is 51.8 Å². The third-order valence-corrected chi connectivity index (χ3v) is 6.55. The lowest BCUT2D eigenvalue weighted by Crippen LogP contribution is -2.48. The Balaban J connectivity index is 2.38. The molecule has 1 fully saturated rings. The molecule has 1 heterocycles. The standard InChI is InChI=1S/C14H30N4O2S2/c1-5-13-12-17(10-11-21-13)14(15-3)16-8-7-9-18(6-2)22(4,19)20/h13H,5-12H2,1-4H3,(H,15,16). The fourth-order valence-corrected chi connectivity index (χ4v) is 4.61.